The van der Waals surface area contributed by atoms with Crippen LogP contribution in [0, 0.1) is 0 Å². The van der Waals surface area contributed by atoms with Crippen LogP contribution in [0.1, 0.15) is 30.5 Å². The number of hydrogen-bond donors (Lipinski definition) is 1. The first kappa shape index (κ1) is 21.8. The number of aromatic nitrogens is 3. The number of nitrogens with zero attached hydrogens (tertiary/aromatic N) is 2. The number of benzene rings is 2. The summed E-state index contributed by atoms with van der Waals surface area (Å²) in [4.78, 5) is 13.8. The molecule has 2 heterocycles. The number of ether oxygens (including phenoxy) is 1. The molecule has 160 valence electrons. The molecule has 6 heteroatoms. The summed E-state index contributed by atoms with van der Waals surface area (Å²) in [5, 5.41) is 0.943. The van der Waals surface area contributed by atoms with E-state index >= 15 is 0 Å². The molecule has 4 nitrogen and oxygen atoms in total. The van der Waals surface area contributed by atoms with Crippen molar-refractivity contribution in [3.05, 3.63) is 78.1 Å². The van der Waals surface area contributed by atoms with Crippen molar-refractivity contribution < 1.29 is 4.74 Å². The monoisotopic (exact) mass is 449 g/mol. The normalized spacial score (nSPS) is 11.1. The average Bonchev–Trinajstić information content (AvgIpc) is 3.24. The number of aromatic amines is 1. The quantitative estimate of drug-likeness (QED) is 0.202. The second-order valence-corrected chi connectivity index (χ2v) is 9.47. The predicted molar refractivity (Wildman–Crippen MR) is 131 cm³/mol. The van der Waals surface area contributed by atoms with Crippen molar-refractivity contribution in [2.24, 2.45) is 0 Å². The Bertz CT molecular complexity index is 1060. The zero-order chi connectivity index (χ0) is 21.3. The largest absolute Gasteiger partial charge is 0.497 e. The SMILES string of the molecule is COc1ccc(CCCCCSc2ccnc(CSc3nc4ccccc4[nH]3)c2)cc1. The Morgan fingerprint density at radius 3 is 2.65 bits per heavy atom. The number of unbranched alkanes of at least 4 members (excludes halogenated alkanes) is 2. The minimum absolute atomic E-state index is 0.816. The molecule has 0 amide bonds. The lowest BCUT2D eigenvalue weighted by atomic mass is 10.1. The van der Waals surface area contributed by atoms with Crippen LogP contribution in [0.25, 0.3) is 11.0 Å². The maximum absolute atomic E-state index is 5.21. The number of hydrogen-bond acceptors (Lipinski definition) is 5. The van der Waals surface area contributed by atoms with E-state index in [1.165, 1.54) is 29.7 Å². The van der Waals surface area contributed by atoms with E-state index in [4.69, 9.17) is 4.74 Å². The number of nitrogens with one attached hydrogen (secondary N) is 1. The van der Waals surface area contributed by atoms with Crippen LogP contribution in [0.15, 0.2) is 76.9 Å². The van der Waals surface area contributed by atoms with Gasteiger partial charge >= 0.3 is 0 Å². The van der Waals surface area contributed by atoms with Gasteiger partial charge in [-0.05, 0) is 67.0 Å². The van der Waals surface area contributed by atoms with Crippen LogP contribution in [0.3, 0.4) is 0 Å². The van der Waals surface area contributed by atoms with Crippen LogP contribution < -0.4 is 4.74 Å². The zero-order valence-corrected chi connectivity index (χ0v) is 19.3. The van der Waals surface area contributed by atoms with Crippen LogP contribution >= 0.6 is 23.5 Å². The number of imidazole rings is 1. The first-order valence-electron chi connectivity index (χ1n) is 10.6. The Morgan fingerprint density at radius 2 is 1.81 bits per heavy atom. The highest BCUT2D eigenvalue weighted by atomic mass is 32.2. The van der Waals surface area contributed by atoms with Gasteiger partial charge in [-0.3, -0.25) is 4.98 Å². The second-order valence-electron chi connectivity index (χ2n) is 7.34. The Labute approximate surface area is 192 Å². The van der Waals surface area contributed by atoms with Crippen molar-refractivity contribution >= 4 is 34.6 Å². The molecule has 1 N–H and O–H groups in total. The van der Waals surface area contributed by atoms with Crippen molar-refractivity contribution in [2.45, 2.75) is 41.5 Å². The molecule has 4 aromatic rings. The number of aryl methyl sites for hydroxylation is 1. The topological polar surface area (TPSA) is 50.8 Å². The standard InChI is InChI=1S/C25H27N3OS2/c1-29-21-12-10-19(11-13-21)7-3-2-6-16-30-22-14-15-26-20(17-22)18-31-25-27-23-8-4-5-9-24(23)28-25/h4-5,8-15,17H,2-3,6-7,16,18H2,1H3,(H,27,28). The Hall–Kier alpha value is -2.44. The molecule has 0 spiro atoms. The van der Waals surface area contributed by atoms with Gasteiger partial charge in [0.2, 0.25) is 0 Å². The van der Waals surface area contributed by atoms with Gasteiger partial charge < -0.3 is 9.72 Å². The third-order valence-corrected chi connectivity index (χ3v) is 7.04. The van der Waals surface area contributed by atoms with Crippen molar-refractivity contribution in [1.29, 1.82) is 0 Å². The van der Waals surface area contributed by atoms with Gasteiger partial charge in [-0.15, -0.1) is 11.8 Å². The highest BCUT2D eigenvalue weighted by molar-refractivity contribution is 7.99. The zero-order valence-electron chi connectivity index (χ0n) is 17.7. The fourth-order valence-electron chi connectivity index (χ4n) is 3.36. The van der Waals surface area contributed by atoms with E-state index in [0.717, 1.165) is 45.6 Å². The number of fused-ring (bicyclic) bond motifs is 1. The molecule has 0 unspecified atom stereocenters. The molecule has 31 heavy (non-hydrogen) atoms. The number of para-hydroxylation sites is 2. The van der Waals surface area contributed by atoms with Gasteiger partial charge in [-0.25, -0.2) is 4.98 Å². The Balaban J connectivity index is 1.17. The first-order valence-corrected chi connectivity index (χ1v) is 12.6. The van der Waals surface area contributed by atoms with E-state index in [9.17, 15) is 0 Å². The molecule has 0 bridgehead atoms. The van der Waals surface area contributed by atoms with Gasteiger partial charge in [0.05, 0.1) is 23.8 Å². The summed E-state index contributed by atoms with van der Waals surface area (Å²) in [6.07, 6.45) is 6.75. The number of rotatable bonds is 11. The molecule has 2 aromatic heterocycles. The second kappa shape index (κ2) is 11.3. The highest BCUT2D eigenvalue weighted by Crippen LogP contribution is 2.25. The summed E-state index contributed by atoms with van der Waals surface area (Å²) in [5.41, 5.74) is 4.56. The minimum Gasteiger partial charge on any atom is -0.497 e. The van der Waals surface area contributed by atoms with E-state index in [1.807, 2.05) is 48.3 Å². The molecule has 2 aromatic carbocycles. The highest BCUT2D eigenvalue weighted by Gasteiger charge is 2.05. The summed E-state index contributed by atoms with van der Waals surface area (Å²) in [6, 6.07) is 20.8. The molecule has 0 atom stereocenters. The van der Waals surface area contributed by atoms with Crippen molar-refractivity contribution in [1.82, 2.24) is 15.0 Å². The fourth-order valence-corrected chi connectivity index (χ4v) is 5.10. The van der Waals surface area contributed by atoms with E-state index in [1.54, 1.807) is 18.9 Å². The maximum Gasteiger partial charge on any atom is 0.166 e. The van der Waals surface area contributed by atoms with Crippen LogP contribution in [-0.4, -0.2) is 27.8 Å². The lowest BCUT2D eigenvalue weighted by Gasteiger charge is -2.05. The summed E-state index contributed by atoms with van der Waals surface area (Å²) in [5.74, 6) is 2.88. The summed E-state index contributed by atoms with van der Waals surface area (Å²) in [7, 11) is 1.71. The van der Waals surface area contributed by atoms with E-state index < -0.39 is 0 Å². The van der Waals surface area contributed by atoms with Gasteiger partial charge in [-0.2, -0.15) is 0 Å². The van der Waals surface area contributed by atoms with Gasteiger partial charge in [0.15, 0.2) is 5.16 Å². The number of pyridine rings is 1. The Morgan fingerprint density at radius 1 is 0.935 bits per heavy atom. The third-order valence-electron chi connectivity index (χ3n) is 5.05. The van der Waals surface area contributed by atoms with E-state index in [0.29, 0.717) is 0 Å². The lowest BCUT2D eigenvalue weighted by molar-refractivity contribution is 0.414. The number of thioether (sulfide) groups is 2. The van der Waals surface area contributed by atoms with Gasteiger partial charge in [0.1, 0.15) is 5.75 Å². The third kappa shape index (κ3) is 6.52. The van der Waals surface area contributed by atoms with Gasteiger partial charge in [0.25, 0.3) is 0 Å². The molecule has 0 aliphatic heterocycles. The molecular weight excluding hydrogens is 422 g/mol. The van der Waals surface area contributed by atoms with Gasteiger partial charge in [-0.1, -0.05) is 42.4 Å². The molecule has 0 radical (unpaired) electrons. The van der Waals surface area contributed by atoms with Crippen LogP contribution in [0.4, 0.5) is 0 Å². The molecule has 0 saturated carbocycles. The van der Waals surface area contributed by atoms with Crippen LogP contribution in [0.5, 0.6) is 5.75 Å². The Kier molecular flexibility index (Phi) is 7.91. The predicted octanol–water partition coefficient (Wildman–Crippen LogP) is 6.76. The van der Waals surface area contributed by atoms with Crippen LogP contribution in [0.2, 0.25) is 0 Å². The molecule has 0 aliphatic rings. The summed E-state index contributed by atoms with van der Waals surface area (Å²) < 4.78 is 5.21. The first-order chi connectivity index (χ1) is 15.3. The summed E-state index contributed by atoms with van der Waals surface area (Å²) in [6.45, 7) is 0. The molecule has 0 aliphatic carbocycles. The average molecular weight is 450 g/mol. The molecule has 0 saturated heterocycles. The lowest BCUT2D eigenvalue weighted by Crippen LogP contribution is -1.90. The van der Waals surface area contributed by atoms with E-state index in [2.05, 4.69) is 45.3 Å². The van der Waals surface area contributed by atoms with Gasteiger partial charge in [0, 0.05) is 16.8 Å². The van der Waals surface area contributed by atoms with Crippen molar-refractivity contribution in [2.75, 3.05) is 12.9 Å². The fraction of sp³-hybridized carbons (Fsp3) is 0.280. The summed E-state index contributed by atoms with van der Waals surface area (Å²) >= 11 is 3.62. The van der Waals surface area contributed by atoms with Crippen LogP contribution in [-0.2, 0) is 12.2 Å². The number of methoxy groups -OCH3 is 1. The number of H-pyrrole nitrogens is 1. The maximum atomic E-state index is 5.21. The van der Waals surface area contributed by atoms with Crippen molar-refractivity contribution in [3.63, 3.8) is 0 Å². The van der Waals surface area contributed by atoms with Crippen molar-refractivity contribution in [3.8, 4) is 5.75 Å². The minimum atomic E-state index is 0.816. The molecular formula is C25H27N3OS2. The smallest absolute Gasteiger partial charge is 0.166 e. The molecule has 4 rings (SSSR count). The molecule has 0 fully saturated rings. The van der Waals surface area contributed by atoms with E-state index in [-0.39, 0.29) is 0 Å².